The van der Waals surface area contributed by atoms with Crippen LogP contribution in [0.1, 0.15) is 11.1 Å². The average Bonchev–Trinajstić information content (AvgIpc) is 2.53. The molecule has 0 unspecified atom stereocenters. The van der Waals surface area contributed by atoms with Gasteiger partial charge in [0.1, 0.15) is 17.5 Å². The molecule has 2 aromatic carbocycles. The number of nitrogens with zero attached hydrogens (tertiary/aromatic N) is 2. The molecular weight excluding hydrogens is 294 g/mol. The van der Waals surface area contributed by atoms with E-state index in [1.807, 2.05) is 43.3 Å². The number of rotatable bonds is 1. The van der Waals surface area contributed by atoms with E-state index in [0.29, 0.717) is 5.56 Å². The molecule has 114 valence electrons. The maximum atomic E-state index is 13.6. The maximum Gasteiger partial charge on any atom is 0.141 e. The third-order valence-electron chi connectivity index (χ3n) is 3.43. The average molecular weight is 308 g/mol. The molecule has 0 atom stereocenters. The molecule has 23 heavy (non-hydrogen) atoms. The zero-order valence-corrected chi connectivity index (χ0v) is 12.8. The lowest BCUT2D eigenvalue weighted by Crippen LogP contribution is -2.10. The number of fused-ring (bicyclic) bond motifs is 1. The minimum absolute atomic E-state index is 0.214. The summed E-state index contributed by atoms with van der Waals surface area (Å²) >= 11 is 0. The van der Waals surface area contributed by atoms with Gasteiger partial charge in [-0.25, -0.2) is 13.8 Å². The summed E-state index contributed by atoms with van der Waals surface area (Å²) in [4.78, 5) is 6.44. The van der Waals surface area contributed by atoms with Crippen molar-refractivity contribution in [2.24, 2.45) is 0 Å². The van der Waals surface area contributed by atoms with Crippen molar-refractivity contribution in [3.8, 4) is 11.8 Å². The van der Waals surface area contributed by atoms with Gasteiger partial charge in [-0.3, -0.25) is 0 Å². The molecule has 1 aromatic heterocycles. The molecule has 3 rings (SSSR count). The molecule has 0 aliphatic heterocycles. The van der Waals surface area contributed by atoms with Crippen LogP contribution in [0.25, 0.3) is 10.9 Å². The molecule has 0 aliphatic carbocycles. The van der Waals surface area contributed by atoms with Crippen LogP contribution in [0, 0.1) is 23.5 Å². The quantitative estimate of drug-likeness (QED) is 0.632. The van der Waals surface area contributed by atoms with Crippen LogP contribution in [0.3, 0.4) is 0 Å². The van der Waals surface area contributed by atoms with Crippen molar-refractivity contribution >= 4 is 16.7 Å². The Hall–Kier alpha value is -2.93. The van der Waals surface area contributed by atoms with Crippen LogP contribution in [-0.2, 0) is 0 Å². The van der Waals surface area contributed by atoms with Crippen molar-refractivity contribution in [2.45, 2.75) is 0 Å². The smallest absolute Gasteiger partial charge is 0.141 e. The van der Waals surface area contributed by atoms with Crippen LogP contribution in [-0.4, -0.2) is 19.1 Å². The van der Waals surface area contributed by atoms with E-state index in [1.165, 1.54) is 18.2 Å². The highest BCUT2D eigenvalue weighted by Crippen LogP contribution is 2.18. The van der Waals surface area contributed by atoms with Crippen LogP contribution in [0.2, 0.25) is 0 Å². The highest BCUT2D eigenvalue weighted by atomic mass is 19.1. The second-order valence-electron chi connectivity index (χ2n) is 5.32. The van der Waals surface area contributed by atoms with E-state index >= 15 is 0 Å². The fourth-order valence-electron chi connectivity index (χ4n) is 2.19. The van der Waals surface area contributed by atoms with Crippen molar-refractivity contribution < 1.29 is 8.78 Å². The van der Waals surface area contributed by atoms with Gasteiger partial charge >= 0.3 is 0 Å². The molecule has 0 saturated carbocycles. The largest absolute Gasteiger partial charge is 0.363 e. The first-order valence-corrected chi connectivity index (χ1v) is 7.09. The van der Waals surface area contributed by atoms with Gasteiger partial charge in [-0.1, -0.05) is 17.9 Å². The van der Waals surface area contributed by atoms with Gasteiger partial charge in [0.15, 0.2) is 0 Å². The summed E-state index contributed by atoms with van der Waals surface area (Å²) in [6.07, 6.45) is 0. The minimum atomic E-state index is -0.657. The van der Waals surface area contributed by atoms with Gasteiger partial charge in [-0.05, 0) is 42.5 Å². The predicted molar refractivity (Wildman–Crippen MR) is 88.4 cm³/mol. The molecule has 3 aromatic rings. The lowest BCUT2D eigenvalue weighted by molar-refractivity contribution is 0.577. The number of hydrogen-bond acceptors (Lipinski definition) is 2. The molecule has 0 saturated heterocycles. The van der Waals surface area contributed by atoms with Crippen LogP contribution in [0.5, 0.6) is 0 Å². The van der Waals surface area contributed by atoms with E-state index in [1.54, 1.807) is 6.07 Å². The topological polar surface area (TPSA) is 16.1 Å². The Morgan fingerprint density at radius 2 is 1.65 bits per heavy atom. The summed E-state index contributed by atoms with van der Waals surface area (Å²) in [5.41, 5.74) is 1.31. The molecule has 0 radical (unpaired) electrons. The fraction of sp³-hybridized carbons (Fsp3) is 0.105. The second kappa shape index (κ2) is 6.05. The van der Waals surface area contributed by atoms with Gasteiger partial charge in [0.05, 0.1) is 11.1 Å². The third-order valence-corrected chi connectivity index (χ3v) is 3.43. The van der Waals surface area contributed by atoms with Crippen LogP contribution in [0.15, 0.2) is 48.5 Å². The zero-order chi connectivity index (χ0) is 16.4. The van der Waals surface area contributed by atoms with E-state index < -0.39 is 11.6 Å². The summed E-state index contributed by atoms with van der Waals surface area (Å²) in [5, 5.41) is 0.927. The Balaban J connectivity index is 1.99. The maximum absolute atomic E-state index is 13.6. The van der Waals surface area contributed by atoms with Crippen LogP contribution < -0.4 is 4.90 Å². The molecule has 0 fully saturated rings. The summed E-state index contributed by atoms with van der Waals surface area (Å²) in [6, 6.07) is 13.1. The van der Waals surface area contributed by atoms with E-state index in [0.717, 1.165) is 16.7 Å². The standard InChI is InChI=1S/C19H14F2N2/c1-23(2)19-11-8-14-12-13(7-10-18(14)22-19)6-9-15-16(20)4-3-5-17(15)21/h3-5,7-8,10-12H,1-2H3. The first-order chi connectivity index (χ1) is 11.0. The van der Waals surface area contributed by atoms with Crippen molar-refractivity contribution in [1.29, 1.82) is 0 Å². The Kier molecular flexibility index (Phi) is 3.94. The lowest BCUT2D eigenvalue weighted by atomic mass is 10.1. The van der Waals surface area contributed by atoms with Crippen molar-refractivity contribution in [1.82, 2.24) is 4.98 Å². The Morgan fingerprint density at radius 3 is 2.35 bits per heavy atom. The molecule has 0 amide bonds. The van der Waals surface area contributed by atoms with Gasteiger partial charge in [0, 0.05) is 25.0 Å². The first kappa shape index (κ1) is 15.0. The van der Waals surface area contributed by atoms with E-state index in [-0.39, 0.29) is 5.56 Å². The van der Waals surface area contributed by atoms with E-state index in [4.69, 9.17) is 0 Å². The monoisotopic (exact) mass is 308 g/mol. The fourth-order valence-corrected chi connectivity index (χ4v) is 2.19. The molecule has 0 spiro atoms. The summed E-state index contributed by atoms with van der Waals surface area (Å²) < 4.78 is 27.1. The Bertz CT molecular complexity index is 917. The van der Waals surface area contributed by atoms with Crippen LogP contribution in [0.4, 0.5) is 14.6 Å². The summed E-state index contributed by atoms with van der Waals surface area (Å²) in [5.74, 6) is 4.92. The molecule has 0 bridgehead atoms. The number of pyridine rings is 1. The number of anilines is 1. The zero-order valence-electron chi connectivity index (χ0n) is 12.8. The van der Waals surface area contributed by atoms with Gasteiger partial charge < -0.3 is 4.90 Å². The van der Waals surface area contributed by atoms with Crippen molar-refractivity contribution in [2.75, 3.05) is 19.0 Å². The second-order valence-corrected chi connectivity index (χ2v) is 5.32. The minimum Gasteiger partial charge on any atom is -0.363 e. The normalized spacial score (nSPS) is 10.3. The SMILES string of the molecule is CN(C)c1ccc2cc(C#Cc3c(F)cccc3F)ccc2n1. The number of aromatic nitrogens is 1. The Labute approximate surface area is 133 Å². The molecule has 2 nitrogen and oxygen atoms in total. The Morgan fingerprint density at radius 1 is 0.913 bits per heavy atom. The lowest BCUT2D eigenvalue weighted by Gasteiger charge is -2.11. The number of benzene rings is 2. The highest BCUT2D eigenvalue weighted by Gasteiger charge is 2.05. The predicted octanol–water partition coefficient (Wildman–Crippen LogP) is 3.98. The van der Waals surface area contributed by atoms with E-state index in [9.17, 15) is 8.78 Å². The van der Waals surface area contributed by atoms with Gasteiger partial charge in [0.25, 0.3) is 0 Å². The molecule has 0 aliphatic rings. The number of halogens is 2. The van der Waals surface area contributed by atoms with Gasteiger partial charge in [-0.15, -0.1) is 0 Å². The van der Waals surface area contributed by atoms with Gasteiger partial charge in [0.2, 0.25) is 0 Å². The number of hydrogen-bond donors (Lipinski definition) is 0. The van der Waals surface area contributed by atoms with Crippen LogP contribution >= 0.6 is 0 Å². The molecule has 1 heterocycles. The van der Waals surface area contributed by atoms with Crippen molar-refractivity contribution in [3.63, 3.8) is 0 Å². The summed E-state index contributed by atoms with van der Waals surface area (Å²) in [6.45, 7) is 0. The highest BCUT2D eigenvalue weighted by molar-refractivity contribution is 5.82. The molecule has 4 heteroatoms. The molecular formula is C19H14F2N2. The third kappa shape index (κ3) is 3.14. The van der Waals surface area contributed by atoms with Crippen molar-refractivity contribution in [3.05, 3.63) is 71.3 Å². The summed E-state index contributed by atoms with van der Waals surface area (Å²) in [7, 11) is 3.86. The van der Waals surface area contributed by atoms with E-state index in [2.05, 4.69) is 16.8 Å². The molecule has 0 N–H and O–H groups in total. The van der Waals surface area contributed by atoms with Gasteiger partial charge in [-0.2, -0.15) is 0 Å². The first-order valence-electron chi connectivity index (χ1n) is 7.09.